The van der Waals surface area contributed by atoms with Crippen molar-refractivity contribution in [3.8, 4) is 0 Å². The van der Waals surface area contributed by atoms with Crippen molar-refractivity contribution < 1.29 is 0 Å². The summed E-state index contributed by atoms with van der Waals surface area (Å²) in [6.45, 7) is 11.0. The van der Waals surface area contributed by atoms with Crippen molar-refractivity contribution >= 4 is 0 Å². The Hall–Kier alpha value is -0.0400. The third-order valence-electron chi connectivity index (χ3n) is 3.84. The Bertz CT molecular complexity index is 132. The molecular weight excluding hydrogens is 158 g/mol. The number of rotatable bonds is 2. The zero-order valence-electron chi connectivity index (χ0n) is 10.3. The van der Waals surface area contributed by atoms with Crippen LogP contribution in [0.1, 0.15) is 60.3 Å². The van der Waals surface area contributed by atoms with Crippen LogP contribution in [0, 0.1) is 5.41 Å². The lowest BCUT2D eigenvalue weighted by molar-refractivity contribution is 0.149. The zero-order valence-corrected chi connectivity index (χ0v) is 10.3. The molecule has 0 unspecified atom stereocenters. The van der Waals surface area contributed by atoms with Crippen LogP contribution in [-0.4, -0.2) is 12.6 Å². The van der Waals surface area contributed by atoms with Crippen molar-refractivity contribution in [2.75, 3.05) is 7.05 Å². The maximum Gasteiger partial charge on any atom is 0.0175 e. The smallest absolute Gasteiger partial charge is 0.0175 e. The van der Waals surface area contributed by atoms with E-state index in [9.17, 15) is 0 Å². The SMILES string of the molecule is CC.CNC(C)(C)C1(C)CCCC1. The van der Waals surface area contributed by atoms with Crippen molar-refractivity contribution in [3.63, 3.8) is 0 Å². The Morgan fingerprint density at radius 1 is 1.08 bits per heavy atom. The fourth-order valence-corrected chi connectivity index (χ4v) is 2.08. The Kier molecular flexibility index (Phi) is 4.98. The molecule has 13 heavy (non-hydrogen) atoms. The van der Waals surface area contributed by atoms with E-state index in [1.807, 2.05) is 13.8 Å². The summed E-state index contributed by atoms with van der Waals surface area (Å²) < 4.78 is 0. The van der Waals surface area contributed by atoms with E-state index >= 15 is 0 Å². The van der Waals surface area contributed by atoms with Crippen molar-refractivity contribution in [2.45, 2.75) is 65.8 Å². The highest BCUT2D eigenvalue weighted by molar-refractivity contribution is 4.97. The summed E-state index contributed by atoms with van der Waals surface area (Å²) in [5, 5.41) is 3.42. The van der Waals surface area contributed by atoms with Gasteiger partial charge in [-0.2, -0.15) is 0 Å². The first-order chi connectivity index (χ1) is 6.02. The van der Waals surface area contributed by atoms with Crippen LogP contribution >= 0.6 is 0 Å². The first-order valence-corrected chi connectivity index (χ1v) is 5.71. The van der Waals surface area contributed by atoms with Gasteiger partial charge in [0.05, 0.1) is 0 Å². The van der Waals surface area contributed by atoms with Gasteiger partial charge in [0, 0.05) is 5.54 Å². The van der Waals surface area contributed by atoms with Gasteiger partial charge in [0.2, 0.25) is 0 Å². The Labute approximate surface area is 84.3 Å². The highest BCUT2D eigenvalue weighted by Gasteiger charge is 2.41. The predicted octanol–water partition coefficient (Wildman–Crippen LogP) is 3.59. The lowest BCUT2D eigenvalue weighted by Crippen LogP contribution is -2.49. The Morgan fingerprint density at radius 3 is 1.77 bits per heavy atom. The lowest BCUT2D eigenvalue weighted by atomic mass is 9.72. The number of hydrogen-bond acceptors (Lipinski definition) is 1. The van der Waals surface area contributed by atoms with Gasteiger partial charge in [-0.15, -0.1) is 0 Å². The van der Waals surface area contributed by atoms with Gasteiger partial charge in [0.1, 0.15) is 0 Å². The van der Waals surface area contributed by atoms with Gasteiger partial charge < -0.3 is 5.32 Å². The summed E-state index contributed by atoms with van der Waals surface area (Å²) in [4.78, 5) is 0. The zero-order chi connectivity index (χ0) is 10.5. The monoisotopic (exact) mass is 185 g/mol. The molecule has 0 aromatic rings. The van der Waals surface area contributed by atoms with Crippen LogP contribution in [-0.2, 0) is 0 Å². The van der Waals surface area contributed by atoms with Crippen molar-refractivity contribution in [3.05, 3.63) is 0 Å². The first-order valence-electron chi connectivity index (χ1n) is 5.71. The molecule has 0 atom stereocenters. The van der Waals surface area contributed by atoms with Gasteiger partial charge in [0.25, 0.3) is 0 Å². The molecule has 1 aliphatic rings. The molecule has 1 nitrogen and oxygen atoms in total. The molecular formula is C12H27N. The molecule has 0 amide bonds. The lowest BCUT2D eigenvalue weighted by Gasteiger charge is -2.41. The minimum atomic E-state index is 0.309. The van der Waals surface area contributed by atoms with E-state index in [4.69, 9.17) is 0 Å². The molecule has 0 bridgehead atoms. The fourth-order valence-electron chi connectivity index (χ4n) is 2.08. The highest BCUT2D eigenvalue weighted by Crippen LogP contribution is 2.45. The molecule has 0 saturated heterocycles. The van der Waals surface area contributed by atoms with Gasteiger partial charge >= 0.3 is 0 Å². The second-order valence-corrected chi connectivity index (χ2v) is 4.64. The second-order valence-electron chi connectivity index (χ2n) is 4.64. The minimum absolute atomic E-state index is 0.309. The van der Waals surface area contributed by atoms with Gasteiger partial charge in [-0.25, -0.2) is 0 Å². The normalized spacial score (nSPS) is 20.8. The Balaban J connectivity index is 0.000000671. The van der Waals surface area contributed by atoms with Gasteiger partial charge in [-0.05, 0) is 39.2 Å². The summed E-state index contributed by atoms with van der Waals surface area (Å²) in [6.07, 6.45) is 5.62. The van der Waals surface area contributed by atoms with Crippen LogP contribution in [0.2, 0.25) is 0 Å². The molecule has 0 heterocycles. The minimum Gasteiger partial charge on any atom is -0.314 e. The molecule has 1 saturated carbocycles. The number of nitrogens with one attached hydrogen (secondary N) is 1. The maximum atomic E-state index is 3.42. The third-order valence-corrected chi connectivity index (χ3v) is 3.84. The summed E-state index contributed by atoms with van der Waals surface area (Å²) in [6, 6.07) is 0. The standard InChI is InChI=1S/C10H21N.C2H6/c1-9(2,11-4)10(3)7-5-6-8-10;1-2/h11H,5-8H2,1-4H3;1-2H3. The molecule has 0 radical (unpaired) electrons. The summed E-state index contributed by atoms with van der Waals surface area (Å²) in [7, 11) is 2.07. The maximum absolute atomic E-state index is 3.42. The molecule has 0 aromatic heterocycles. The van der Waals surface area contributed by atoms with E-state index in [2.05, 4.69) is 33.1 Å². The van der Waals surface area contributed by atoms with Crippen LogP contribution in [0.15, 0.2) is 0 Å². The molecule has 1 heteroatoms. The van der Waals surface area contributed by atoms with E-state index in [0.717, 1.165) is 0 Å². The van der Waals surface area contributed by atoms with Crippen LogP contribution in [0.5, 0.6) is 0 Å². The highest BCUT2D eigenvalue weighted by atomic mass is 14.9. The van der Waals surface area contributed by atoms with Crippen LogP contribution < -0.4 is 5.32 Å². The second kappa shape index (κ2) is 4.99. The van der Waals surface area contributed by atoms with Gasteiger partial charge in [-0.3, -0.25) is 0 Å². The molecule has 0 aromatic carbocycles. The third kappa shape index (κ3) is 2.70. The van der Waals surface area contributed by atoms with E-state index in [1.165, 1.54) is 25.7 Å². The molecule has 1 aliphatic carbocycles. The van der Waals surface area contributed by atoms with E-state index in [0.29, 0.717) is 11.0 Å². The first kappa shape index (κ1) is 13.0. The molecule has 1 rings (SSSR count). The van der Waals surface area contributed by atoms with Crippen molar-refractivity contribution in [1.82, 2.24) is 5.32 Å². The molecule has 0 aliphatic heterocycles. The van der Waals surface area contributed by atoms with E-state index in [-0.39, 0.29) is 0 Å². The summed E-state index contributed by atoms with van der Waals surface area (Å²) >= 11 is 0. The average Bonchev–Trinajstić information content (AvgIpc) is 2.57. The molecule has 1 fully saturated rings. The van der Waals surface area contributed by atoms with Crippen LogP contribution in [0.3, 0.4) is 0 Å². The largest absolute Gasteiger partial charge is 0.314 e. The topological polar surface area (TPSA) is 12.0 Å². The van der Waals surface area contributed by atoms with E-state index in [1.54, 1.807) is 0 Å². The average molecular weight is 185 g/mol. The Morgan fingerprint density at radius 2 is 1.46 bits per heavy atom. The fraction of sp³-hybridized carbons (Fsp3) is 1.00. The van der Waals surface area contributed by atoms with Crippen molar-refractivity contribution in [1.29, 1.82) is 0 Å². The summed E-state index contributed by atoms with van der Waals surface area (Å²) in [5.74, 6) is 0. The van der Waals surface area contributed by atoms with Crippen LogP contribution in [0.25, 0.3) is 0 Å². The van der Waals surface area contributed by atoms with Gasteiger partial charge in [0.15, 0.2) is 0 Å². The molecule has 0 spiro atoms. The number of hydrogen-bond donors (Lipinski definition) is 1. The molecule has 80 valence electrons. The summed E-state index contributed by atoms with van der Waals surface area (Å²) in [5.41, 5.74) is 0.839. The predicted molar refractivity (Wildman–Crippen MR) is 61.1 cm³/mol. The quantitative estimate of drug-likeness (QED) is 0.693. The van der Waals surface area contributed by atoms with Gasteiger partial charge in [-0.1, -0.05) is 33.6 Å². The van der Waals surface area contributed by atoms with Crippen LogP contribution in [0.4, 0.5) is 0 Å². The molecule has 1 N–H and O–H groups in total. The van der Waals surface area contributed by atoms with E-state index < -0.39 is 0 Å². The van der Waals surface area contributed by atoms with Crippen molar-refractivity contribution in [2.24, 2.45) is 5.41 Å².